The van der Waals surface area contributed by atoms with Gasteiger partial charge in [-0.05, 0) is 63.9 Å². The summed E-state index contributed by atoms with van der Waals surface area (Å²) in [6.07, 6.45) is -2.90. The highest BCUT2D eigenvalue weighted by Crippen LogP contribution is 2.30. The molecule has 1 aromatic carbocycles. The van der Waals surface area contributed by atoms with Crippen molar-refractivity contribution in [1.29, 1.82) is 0 Å². The van der Waals surface area contributed by atoms with Crippen molar-refractivity contribution in [3.63, 3.8) is 0 Å². The summed E-state index contributed by atoms with van der Waals surface area (Å²) >= 11 is 1.70. The van der Waals surface area contributed by atoms with Crippen LogP contribution in [0.2, 0.25) is 0 Å². The lowest BCUT2D eigenvalue weighted by Crippen LogP contribution is -2.49. The van der Waals surface area contributed by atoms with Gasteiger partial charge in [0.25, 0.3) is 5.91 Å². The number of carbonyl (C=O) groups is 1. The Bertz CT molecular complexity index is 689. The van der Waals surface area contributed by atoms with Crippen LogP contribution in [-0.4, -0.2) is 48.3 Å². The average molecular weight is 436 g/mol. The Morgan fingerprint density at radius 2 is 1.86 bits per heavy atom. The molecule has 29 heavy (non-hydrogen) atoms. The normalized spacial score (nSPS) is 16.8. The van der Waals surface area contributed by atoms with Gasteiger partial charge in [-0.3, -0.25) is 9.52 Å². The molecule has 164 valence electrons. The van der Waals surface area contributed by atoms with E-state index in [4.69, 9.17) is 0 Å². The van der Waals surface area contributed by atoms with Crippen LogP contribution in [0.4, 0.5) is 17.6 Å². The van der Waals surface area contributed by atoms with Gasteiger partial charge in [-0.2, -0.15) is 13.2 Å². The van der Waals surface area contributed by atoms with Gasteiger partial charge in [-0.15, -0.1) is 0 Å². The van der Waals surface area contributed by atoms with Crippen LogP contribution in [0.25, 0.3) is 0 Å². The third-order valence-electron chi connectivity index (χ3n) is 4.86. The fourth-order valence-corrected chi connectivity index (χ4v) is 4.03. The van der Waals surface area contributed by atoms with E-state index in [9.17, 15) is 22.4 Å². The summed E-state index contributed by atoms with van der Waals surface area (Å²) in [6.45, 7) is 9.52. The van der Waals surface area contributed by atoms with Crippen LogP contribution in [0.1, 0.15) is 49.5 Å². The minimum Gasteiger partial charge on any atom is -0.352 e. The van der Waals surface area contributed by atoms with Crippen molar-refractivity contribution in [3.8, 4) is 0 Å². The van der Waals surface area contributed by atoms with E-state index in [-0.39, 0.29) is 17.0 Å². The molecule has 0 radical (unpaired) electrons. The second-order valence-electron chi connectivity index (χ2n) is 8.07. The predicted octanol–water partition coefficient (Wildman–Crippen LogP) is 4.32. The molecule has 1 aliphatic rings. The molecular weight excluding hydrogens is 406 g/mol. The molecule has 2 rings (SSSR count). The number of piperidine rings is 1. The van der Waals surface area contributed by atoms with Gasteiger partial charge in [0.1, 0.15) is 5.82 Å². The number of alkyl halides is 3. The van der Waals surface area contributed by atoms with Gasteiger partial charge in [-0.1, -0.05) is 18.9 Å². The van der Waals surface area contributed by atoms with E-state index in [1.807, 2.05) is 0 Å². The smallest absolute Gasteiger partial charge is 0.352 e. The average Bonchev–Trinajstić information content (AvgIpc) is 2.64. The minimum atomic E-state index is -4.69. The number of nitrogens with one attached hydrogen (secondary N) is 2. The molecule has 4 nitrogen and oxygen atoms in total. The van der Waals surface area contributed by atoms with Gasteiger partial charge in [0.05, 0.1) is 5.56 Å². The van der Waals surface area contributed by atoms with Crippen molar-refractivity contribution < 1.29 is 22.4 Å². The van der Waals surface area contributed by atoms with Crippen molar-refractivity contribution in [2.45, 2.75) is 45.3 Å². The maximum atomic E-state index is 13.5. The first kappa shape index (κ1) is 24.0. The number of nitrogens with zero attached hydrogens (tertiary/aromatic N) is 1. The quantitative estimate of drug-likeness (QED) is 0.472. The lowest BCUT2D eigenvalue weighted by molar-refractivity contribution is -0.137. The summed E-state index contributed by atoms with van der Waals surface area (Å²) in [5.41, 5.74) is -1.47. The number of amides is 1. The molecule has 0 aromatic heterocycles. The zero-order valence-corrected chi connectivity index (χ0v) is 17.9. The fourth-order valence-electron chi connectivity index (χ4n) is 3.43. The maximum absolute atomic E-state index is 13.5. The van der Waals surface area contributed by atoms with Gasteiger partial charge in [-0.25, -0.2) is 4.39 Å². The molecule has 0 bridgehead atoms. The first-order chi connectivity index (χ1) is 13.5. The molecule has 0 aliphatic carbocycles. The van der Waals surface area contributed by atoms with Crippen molar-refractivity contribution in [1.82, 2.24) is 14.9 Å². The number of benzene rings is 1. The topological polar surface area (TPSA) is 44.4 Å². The second-order valence-corrected chi connectivity index (χ2v) is 9.14. The lowest BCUT2D eigenvalue weighted by atomic mass is 9.95. The molecule has 1 aliphatic heterocycles. The van der Waals surface area contributed by atoms with Crippen molar-refractivity contribution >= 4 is 17.9 Å². The monoisotopic (exact) mass is 435 g/mol. The summed E-state index contributed by atoms with van der Waals surface area (Å²) in [7, 11) is 0. The summed E-state index contributed by atoms with van der Waals surface area (Å²) in [4.78, 5) is 14.6. The third-order valence-corrected chi connectivity index (χ3v) is 5.84. The molecule has 1 saturated heterocycles. The molecular formula is C20H29F4N3OS. The molecule has 0 unspecified atom stereocenters. The first-order valence-corrected chi connectivity index (χ1v) is 10.8. The Balaban J connectivity index is 1.82. The lowest BCUT2D eigenvalue weighted by Gasteiger charge is -2.37. The molecule has 1 aromatic rings. The van der Waals surface area contributed by atoms with Gasteiger partial charge >= 0.3 is 6.18 Å². The number of rotatable bonds is 8. The van der Waals surface area contributed by atoms with E-state index in [2.05, 4.69) is 35.7 Å². The summed E-state index contributed by atoms with van der Waals surface area (Å²) in [6, 6.07) is 1.91. The zero-order valence-electron chi connectivity index (χ0n) is 17.0. The van der Waals surface area contributed by atoms with Gasteiger partial charge in [0.15, 0.2) is 0 Å². The molecule has 2 N–H and O–H groups in total. The molecule has 0 saturated carbocycles. The van der Waals surface area contributed by atoms with Crippen LogP contribution >= 0.6 is 11.9 Å². The van der Waals surface area contributed by atoms with E-state index >= 15 is 0 Å². The van der Waals surface area contributed by atoms with Crippen molar-refractivity contribution in [2.24, 2.45) is 5.92 Å². The van der Waals surface area contributed by atoms with Crippen LogP contribution in [0.15, 0.2) is 18.2 Å². The standard InChI is InChI=1S/C20H29F4N3OS/c1-4-29-26-19(2,3)13-27-7-5-14(6-8-27)12-25-18(28)15-9-16(20(22,23)24)11-17(21)10-15/h9-11,14,26H,4-8,12-13H2,1-3H3,(H,25,28). The predicted molar refractivity (Wildman–Crippen MR) is 108 cm³/mol. The van der Waals surface area contributed by atoms with Crippen LogP contribution in [-0.2, 0) is 6.18 Å². The molecule has 1 fully saturated rings. The zero-order chi connectivity index (χ0) is 21.7. The van der Waals surface area contributed by atoms with Crippen molar-refractivity contribution in [3.05, 3.63) is 35.1 Å². The summed E-state index contributed by atoms with van der Waals surface area (Å²) < 4.78 is 55.3. The molecule has 1 heterocycles. The van der Waals surface area contributed by atoms with Gasteiger partial charge < -0.3 is 10.2 Å². The van der Waals surface area contributed by atoms with E-state index in [0.29, 0.717) is 18.7 Å². The molecule has 0 spiro atoms. The second kappa shape index (κ2) is 10.1. The van der Waals surface area contributed by atoms with Gasteiger partial charge in [0.2, 0.25) is 0 Å². The van der Waals surface area contributed by atoms with Gasteiger partial charge in [0, 0.05) is 29.9 Å². The Morgan fingerprint density at radius 3 is 2.45 bits per heavy atom. The third kappa shape index (κ3) is 7.79. The fraction of sp³-hybridized carbons (Fsp3) is 0.650. The highest BCUT2D eigenvalue weighted by atomic mass is 32.2. The Kier molecular flexibility index (Phi) is 8.37. The number of hydrogen-bond acceptors (Lipinski definition) is 4. The SMILES string of the molecule is CCSNC(C)(C)CN1CCC(CNC(=O)c2cc(F)cc(C(F)(F)F)c2)CC1. The van der Waals surface area contributed by atoms with Crippen LogP contribution in [0, 0.1) is 11.7 Å². The largest absolute Gasteiger partial charge is 0.416 e. The molecule has 1 amide bonds. The highest BCUT2D eigenvalue weighted by Gasteiger charge is 2.32. The minimum absolute atomic E-state index is 0.00466. The van der Waals surface area contributed by atoms with Crippen LogP contribution < -0.4 is 10.0 Å². The Morgan fingerprint density at radius 1 is 1.21 bits per heavy atom. The van der Waals surface area contributed by atoms with Crippen molar-refractivity contribution in [2.75, 3.05) is 31.9 Å². The van der Waals surface area contributed by atoms with Crippen LogP contribution in [0.3, 0.4) is 0 Å². The number of carbonyl (C=O) groups excluding carboxylic acids is 1. The number of hydrogen-bond donors (Lipinski definition) is 2. The first-order valence-electron chi connectivity index (χ1n) is 9.77. The molecule has 9 heteroatoms. The Hall–Kier alpha value is -1.32. The summed E-state index contributed by atoms with van der Waals surface area (Å²) in [5.74, 6) is -0.497. The van der Waals surface area contributed by atoms with E-state index in [0.717, 1.165) is 44.3 Å². The van der Waals surface area contributed by atoms with E-state index in [1.54, 1.807) is 11.9 Å². The van der Waals surface area contributed by atoms with E-state index in [1.165, 1.54) is 0 Å². The summed E-state index contributed by atoms with van der Waals surface area (Å²) in [5, 5.41) is 2.66. The Labute approximate surface area is 173 Å². The highest BCUT2D eigenvalue weighted by molar-refractivity contribution is 7.97. The maximum Gasteiger partial charge on any atom is 0.416 e. The number of likely N-dealkylation sites (tertiary alicyclic amines) is 1. The number of halogens is 4. The van der Waals surface area contributed by atoms with Crippen LogP contribution in [0.5, 0.6) is 0 Å². The molecule has 0 atom stereocenters. The van der Waals surface area contributed by atoms with E-state index < -0.39 is 23.5 Å².